The largest absolute Gasteiger partial charge is 0.248 e. The maximum absolute atomic E-state index is 5.03. The fourth-order valence-electron chi connectivity index (χ4n) is 4.60. The van der Waals surface area contributed by atoms with E-state index < -0.39 is 0 Å². The summed E-state index contributed by atoms with van der Waals surface area (Å²) in [4.78, 5) is 5.03. The summed E-state index contributed by atoms with van der Waals surface area (Å²) >= 11 is 0. The number of fused-ring (bicyclic) bond motifs is 4. The molecule has 27 heavy (non-hydrogen) atoms. The number of hydrogen-bond acceptors (Lipinski definition) is 1. The Balaban J connectivity index is 1.73. The third-order valence-corrected chi connectivity index (χ3v) is 5.91. The second-order valence-electron chi connectivity index (χ2n) is 8.33. The van der Waals surface area contributed by atoms with Gasteiger partial charge >= 0.3 is 0 Å². The van der Waals surface area contributed by atoms with E-state index in [-0.39, 0.29) is 5.41 Å². The molecule has 1 aliphatic carbocycles. The van der Waals surface area contributed by atoms with Crippen LogP contribution in [0.25, 0.3) is 33.3 Å². The summed E-state index contributed by atoms with van der Waals surface area (Å²) in [6, 6.07) is 24.4. The van der Waals surface area contributed by atoms with Gasteiger partial charge in [0.2, 0.25) is 0 Å². The molecular weight excluding hydrogens is 326 g/mol. The Bertz CT molecular complexity index is 1190. The van der Waals surface area contributed by atoms with Crippen molar-refractivity contribution in [3.05, 3.63) is 89.0 Å². The molecular formula is C26H23N. The Morgan fingerprint density at radius 2 is 1.44 bits per heavy atom. The average Bonchev–Trinajstić information content (AvgIpc) is 2.86. The summed E-state index contributed by atoms with van der Waals surface area (Å²) in [6.45, 7) is 8.92. The van der Waals surface area contributed by atoms with Crippen LogP contribution in [0.4, 0.5) is 0 Å². The van der Waals surface area contributed by atoms with Crippen molar-refractivity contribution in [1.29, 1.82) is 0 Å². The summed E-state index contributed by atoms with van der Waals surface area (Å²) in [7, 11) is 0. The minimum absolute atomic E-state index is 0.0116. The van der Waals surface area contributed by atoms with Gasteiger partial charge in [0, 0.05) is 16.4 Å². The molecule has 0 saturated carbocycles. The second-order valence-corrected chi connectivity index (χ2v) is 8.33. The molecule has 1 aliphatic rings. The first-order valence-electron chi connectivity index (χ1n) is 9.57. The summed E-state index contributed by atoms with van der Waals surface area (Å²) < 4.78 is 0. The summed E-state index contributed by atoms with van der Waals surface area (Å²) in [6.07, 6.45) is 0. The molecule has 0 radical (unpaired) electrons. The van der Waals surface area contributed by atoms with Crippen LogP contribution in [0.5, 0.6) is 0 Å². The van der Waals surface area contributed by atoms with E-state index in [1.165, 1.54) is 44.3 Å². The van der Waals surface area contributed by atoms with E-state index in [0.717, 1.165) is 11.2 Å². The first kappa shape index (κ1) is 16.3. The molecule has 1 aromatic heterocycles. The van der Waals surface area contributed by atoms with E-state index in [4.69, 9.17) is 4.98 Å². The number of hydrogen-bond donors (Lipinski definition) is 0. The van der Waals surface area contributed by atoms with E-state index in [1.807, 2.05) is 0 Å². The zero-order valence-electron chi connectivity index (χ0n) is 16.3. The third kappa shape index (κ3) is 2.42. The molecule has 0 aliphatic heterocycles. The van der Waals surface area contributed by atoms with Crippen molar-refractivity contribution in [2.75, 3.05) is 0 Å². The molecule has 4 aromatic rings. The second kappa shape index (κ2) is 5.53. The lowest BCUT2D eigenvalue weighted by atomic mass is 9.82. The highest BCUT2D eigenvalue weighted by Crippen LogP contribution is 2.49. The predicted octanol–water partition coefficient (Wildman–Crippen LogP) is 6.82. The molecule has 3 aromatic carbocycles. The molecule has 1 nitrogen and oxygen atoms in total. The van der Waals surface area contributed by atoms with Crippen molar-refractivity contribution in [3.8, 4) is 22.4 Å². The summed E-state index contributed by atoms with van der Waals surface area (Å²) in [5, 5.41) is 1.20. The minimum atomic E-state index is 0.0116. The Morgan fingerprint density at radius 1 is 0.704 bits per heavy atom. The maximum atomic E-state index is 5.03. The van der Waals surface area contributed by atoms with Crippen LogP contribution >= 0.6 is 0 Å². The van der Waals surface area contributed by atoms with Crippen molar-refractivity contribution in [2.45, 2.75) is 33.1 Å². The lowest BCUT2D eigenvalue weighted by Crippen LogP contribution is -2.14. The van der Waals surface area contributed by atoms with E-state index in [0.29, 0.717) is 0 Å². The summed E-state index contributed by atoms with van der Waals surface area (Å²) in [5.74, 6) is 0. The highest BCUT2D eigenvalue weighted by molar-refractivity contribution is 5.92. The standard InChI is InChI=1S/C26H23N/c1-16-11-17(2)13-19(12-16)24-10-9-18-14-21-20-7-5-6-8-22(20)26(3,4)23(21)15-25(18)27-24/h5-15H,1-4H3. The highest BCUT2D eigenvalue weighted by Gasteiger charge is 2.35. The lowest BCUT2D eigenvalue weighted by Gasteiger charge is -2.21. The molecule has 0 saturated heterocycles. The molecule has 5 rings (SSSR count). The van der Waals surface area contributed by atoms with Gasteiger partial charge in [0.1, 0.15) is 0 Å². The van der Waals surface area contributed by atoms with Gasteiger partial charge in [0.15, 0.2) is 0 Å². The van der Waals surface area contributed by atoms with Crippen molar-refractivity contribution >= 4 is 10.9 Å². The van der Waals surface area contributed by atoms with Crippen molar-refractivity contribution in [3.63, 3.8) is 0 Å². The molecule has 132 valence electrons. The van der Waals surface area contributed by atoms with Gasteiger partial charge in [-0.05, 0) is 66.4 Å². The van der Waals surface area contributed by atoms with Crippen LogP contribution in [0.3, 0.4) is 0 Å². The molecule has 0 atom stereocenters. The minimum Gasteiger partial charge on any atom is -0.248 e. The normalized spacial score (nSPS) is 14.2. The monoisotopic (exact) mass is 349 g/mol. The maximum Gasteiger partial charge on any atom is 0.0713 e. The van der Waals surface area contributed by atoms with Gasteiger partial charge in [0.05, 0.1) is 11.2 Å². The topological polar surface area (TPSA) is 12.9 Å². The van der Waals surface area contributed by atoms with E-state index in [2.05, 4.69) is 94.4 Å². The van der Waals surface area contributed by atoms with Crippen LogP contribution in [-0.2, 0) is 5.41 Å². The summed E-state index contributed by atoms with van der Waals surface area (Å²) in [5.41, 5.74) is 11.4. The van der Waals surface area contributed by atoms with Crippen LogP contribution in [0.15, 0.2) is 66.7 Å². The Labute approximate surface area is 160 Å². The number of benzene rings is 3. The van der Waals surface area contributed by atoms with E-state index in [1.54, 1.807) is 0 Å². The Hall–Kier alpha value is -2.93. The fraction of sp³-hybridized carbons (Fsp3) is 0.192. The molecule has 0 amide bonds. The Kier molecular flexibility index (Phi) is 3.33. The molecule has 0 unspecified atom stereocenters. The quantitative estimate of drug-likeness (QED) is 0.367. The van der Waals surface area contributed by atoms with Gasteiger partial charge in [-0.2, -0.15) is 0 Å². The number of nitrogens with zero attached hydrogens (tertiary/aromatic N) is 1. The van der Waals surface area contributed by atoms with Crippen LogP contribution in [0.1, 0.15) is 36.1 Å². The predicted molar refractivity (Wildman–Crippen MR) is 114 cm³/mol. The molecule has 1 heterocycles. The smallest absolute Gasteiger partial charge is 0.0713 e. The van der Waals surface area contributed by atoms with Crippen molar-refractivity contribution in [1.82, 2.24) is 4.98 Å². The third-order valence-electron chi connectivity index (χ3n) is 5.91. The van der Waals surface area contributed by atoms with Gasteiger partial charge in [-0.15, -0.1) is 0 Å². The Morgan fingerprint density at radius 3 is 2.22 bits per heavy atom. The number of pyridine rings is 1. The number of rotatable bonds is 1. The van der Waals surface area contributed by atoms with Crippen LogP contribution < -0.4 is 0 Å². The highest BCUT2D eigenvalue weighted by atomic mass is 14.7. The van der Waals surface area contributed by atoms with Crippen molar-refractivity contribution < 1.29 is 0 Å². The number of aromatic nitrogens is 1. The number of aryl methyl sites for hydroxylation is 2. The molecule has 0 bridgehead atoms. The van der Waals surface area contributed by atoms with Gasteiger partial charge in [-0.3, -0.25) is 0 Å². The first-order chi connectivity index (χ1) is 12.9. The molecule has 0 spiro atoms. The zero-order valence-corrected chi connectivity index (χ0v) is 16.3. The zero-order chi connectivity index (χ0) is 18.8. The van der Waals surface area contributed by atoms with Gasteiger partial charge in [-0.25, -0.2) is 4.98 Å². The lowest BCUT2D eigenvalue weighted by molar-refractivity contribution is 0.661. The van der Waals surface area contributed by atoms with Crippen LogP contribution in [-0.4, -0.2) is 4.98 Å². The SMILES string of the molecule is Cc1cc(C)cc(-c2ccc3cc4c(cc3n2)C(C)(C)c2ccccc2-4)c1. The van der Waals surface area contributed by atoms with Gasteiger partial charge in [-0.1, -0.05) is 61.4 Å². The van der Waals surface area contributed by atoms with Gasteiger partial charge < -0.3 is 0 Å². The van der Waals surface area contributed by atoms with Crippen LogP contribution in [0, 0.1) is 13.8 Å². The van der Waals surface area contributed by atoms with Crippen molar-refractivity contribution in [2.24, 2.45) is 0 Å². The molecule has 0 N–H and O–H groups in total. The van der Waals surface area contributed by atoms with Gasteiger partial charge in [0.25, 0.3) is 0 Å². The molecule has 1 heteroatoms. The van der Waals surface area contributed by atoms with E-state index >= 15 is 0 Å². The molecule has 0 fully saturated rings. The van der Waals surface area contributed by atoms with Crippen LogP contribution in [0.2, 0.25) is 0 Å². The average molecular weight is 349 g/mol. The first-order valence-corrected chi connectivity index (χ1v) is 9.57. The van der Waals surface area contributed by atoms with E-state index in [9.17, 15) is 0 Å². The fourth-order valence-corrected chi connectivity index (χ4v) is 4.60.